The Bertz CT molecular complexity index is 189. The summed E-state index contributed by atoms with van der Waals surface area (Å²) in [5, 5.41) is 0.432. The zero-order valence-corrected chi connectivity index (χ0v) is 12.4. The summed E-state index contributed by atoms with van der Waals surface area (Å²) in [4.78, 5) is 2.47. The third-order valence-corrected chi connectivity index (χ3v) is 3.39. The lowest BCUT2D eigenvalue weighted by molar-refractivity contribution is 0.314. The molecule has 0 amide bonds. The van der Waals surface area contributed by atoms with Crippen molar-refractivity contribution < 1.29 is 0 Å². The van der Waals surface area contributed by atoms with Crippen LogP contribution in [0.15, 0.2) is 12.2 Å². The molecule has 0 aromatic rings. The number of rotatable bonds is 5. The fourth-order valence-corrected chi connectivity index (χ4v) is 2.34. The van der Waals surface area contributed by atoms with E-state index in [4.69, 9.17) is 0 Å². The summed E-state index contributed by atoms with van der Waals surface area (Å²) in [6.45, 7) is 14.7. The molecule has 0 aliphatic carbocycles. The van der Waals surface area contributed by atoms with Crippen molar-refractivity contribution in [3.63, 3.8) is 0 Å². The largest absolute Gasteiger partial charge is 0.292 e. The highest BCUT2D eigenvalue weighted by atomic mass is 32.1. The van der Waals surface area contributed by atoms with Crippen LogP contribution in [0.2, 0.25) is 0 Å². The van der Waals surface area contributed by atoms with Crippen molar-refractivity contribution >= 4 is 12.6 Å². The first kappa shape index (κ1) is 16.1. The molecule has 16 heavy (non-hydrogen) atoms. The molecule has 1 heterocycles. The molecule has 0 spiro atoms. The summed E-state index contributed by atoms with van der Waals surface area (Å²) in [5.41, 5.74) is 1.32. The van der Waals surface area contributed by atoms with E-state index in [9.17, 15) is 0 Å². The molecule has 1 nitrogen and oxygen atoms in total. The Kier molecular flexibility index (Phi) is 9.15. The van der Waals surface area contributed by atoms with Crippen molar-refractivity contribution in [3.8, 4) is 0 Å². The Hall–Kier alpha value is 0.0500. The molecule has 1 rings (SSSR count). The second-order valence-electron chi connectivity index (χ2n) is 4.63. The molecule has 1 aliphatic rings. The Balaban J connectivity index is 0.00000106. The van der Waals surface area contributed by atoms with Crippen molar-refractivity contribution in [1.82, 2.24) is 4.90 Å². The average Bonchev–Trinajstić information content (AvgIpc) is 2.69. The molecule has 0 N–H and O–H groups in total. The molecule has 0 radical (unpaired) electrons. The summed E-state index contributed by atoms with van der Waals surface area (Å²) in [7, 11) is 0. The minimum Gasteiger partial charge on any atom is -0.292 e. The highest BCUT2D eigenvalue weighted by molar-refractivity contribution is 7.80. The Morgan fingerprint density at radius 2 is 2.12 bits per heavy atom. The molecule has 2 heteroatoms. The van der Waals surface area contributed by atoms with Gasteiger partial charge in [-0.25, -0.2) is 0 Å². The quantitative estimate of drug-likeness (QED) is 0.555. The summed E-state index contributed by atoms with van der Waals surface area (Å²) < 4.78 is 0. The number of hydrogen-bond acceptors (Lipinski definition) is 2. The summed E-state index contributed by atoms with van der Waals surface area (Å²) in [5.74, 6) is 0.906. The SMILES string of the molecule is C=C(C)CCCC1CCN(C(C)S)C1.CC. The summed E-state index contributed by atoms with van der Waals surface area (Å²) in [6, 6.07) is 0. The van der Waals surface area contributed by atoms with Crippen LogP contribution >= 0.6 is 12.6 Å². The van der Waals surface area contributed by atoms with E-state index in [1.165, 1.54) is 44.3 Å². The highest BCUT2D eigenvalue weighted by Crippen LogP contribution is 2.24. The van der Waals surface area contributed by atoms with Crippen molar-refractivity contribution in [2.75, 3.05) is 13.1 Å². The van der Waals surface area contributed by atoms with Gasteiger partial charge in [0.1, 0.15) is 0 Å². The predicted octanol–water partition coefficient (Wildman–Crippen LogP) is 4.36. The molecule has 1 aliphatic heterocycles. The fraction of sp³-hybridized carbons (Fsp3) is 0.857. The summed E-state index contributed by atoms with van der Waals surface area (Å²) in [6.07, 6.45) is 5.24. The zero-order chi connectivity index (χ0) is 12.6. The first-order chi connectivity index (χ1) is 7.59. The van der Waals surface area contributed by atoms with E-state index in [1.54, 1.807) is 0 Å². The lowest BCUT2D eigenvalue weighted by Gasteiger charge is -2.19. The first-order valence-corrected chi connectivity index (χ1v) is 7.17. The van der Waals surface area contributed by atoms with E-state index in [0.717, 1.165) is 5.92 Å². The maximum Gasteiger partial charge on any atom is 0.0499 e. The van der Waals surface area contributed by atoms with Gasteiger partial charge >= 0.3 is 0 Å². The van der Waals surface area contributed by atoms with E-state index in [2.05, 4.69) is 38.0 Å². The van der Waals surface area contributed by atoms with Gasteiger partial charge in [-0.1, -0.05) is 19.4 Å². The van der Waals surface area contributed by atoms with Crippen LogP contribution in [0, 0.1) is 5.92 Å². The van der Waals surface area contributed by atoms with E-state index in [1.807, 2.05) is 13.8 Å². The molecular formula is C14H29NS. The smallest absolute Gasteiger partial charge is 0.0499 e. The van der Waals surface area contributed by atoms with Crippen LogP contribution in [0.1, 0.15) is 53.4 Å². The zero-order valence-electron chi connectivity index (χ0n) is 11.5. The van der Waals surface area contributed by atoms with Crippen molar-refractivity contribution in [2.24, 2.45) is 5.92 Å². The van der Waals surface area contributed by atoms with Crippen LogP contribution in [0.5, 0.6) is 0 Å². The Morgan fingerprint density at radius 3 is 2.56 bits per heavy atom. The van der Waals surface area contributed by atoms with Gasteiger partial charge in [-0.15, -0.1) is 6.58 Å². The van der Waals surface area contributed by atoms with Gasteiger partial charge in [0.05, 0.1) is 0 Å². The minimum absolute atomic E-state index is 0.432. The van der Waals surface area contributed by atoms with Crippen LogP contribution in [0.4, 0.5) is 0 Å². The maximum absolute atomic E-state index is 4.47. The molecule has 2 unspecified atom stereocenters. The van der Waals surface area contributed by atoms with Crippen LogP contribution < -0.4 is 0 Å². The molecule has 1 fully saturated rings. The van der Waals surface area contributed by atoms with Crippen LogP contribution in [-0.2, 0) is 0 Å². The standard InChI is InChI=1S/C12H23NS.C2H6/c1-10(2)5-4-6-12-7-8-13(9-12)11(3)14;1-2/h11-12,14H,1,4-9H2,2-3H3;1-2H3. The number of hydrogen-bond donors (Lipinski definition) is 1. The fourth-order valence-electron chi connectivity index (χ4n) is 2.13. The second-order valence-corrected chi connectivity index (χ2v) is 5.38. The lowest BCUT2D eigenvalue weighted by atomic mass is 10.00. The third-order valence-electron chi connectivity index (χ3n) is 3.06. The molecule has 2 atom stereocenters. The number of likely N-dealkylation sites (tertiary alicyclic amines) is 1. The topological polar surface area (TPSA) is 3.24 Å². The molecule has 0 bridgehead atoms. The summed E-state index contributed by atoms with van der Waals surface area (Å²) >= 11 is 4.47. The van der Waals surface area contributed by atoms with Gasteiger partial charge in [-0.3, -0.25) is 4.90 Å². The Labute approximate surface area is 108 Å². The van der Waals surface area contributed by atoms with E-state index in [-0.39, 0.29) is 0 Å². The van der Waals surface area contributed by atoms with Gasteiger partial charge in [-0.05, 0) is 52.0 Å². The second kappa shape index (κ2) is 9.12. The van der Waals surface area contributed by atoms with Crippen molar-refractivity contribution in [1.29, 1.82) is 0 Å². The number of nitrogens with zero attached hydrogens (tertiary/aromatic N) is 1. The average molecular weight is 243 g/mol. The normalized spacial score (nSPS) is 22.4. The maximum atomic E-state index is 4.47. The van der Waals surface area contributed by atoms with Crippen LogP contribution in [-0.4, -0.2) is 23.4 Å². The van der Waals surface area contributed by atoms with Gasteiger partial charge in [-0.2, -0.15) is 12.6 Å². The number of thiol groups is 1. The molecular weight excluding hydrogens is 214 g/mol. The third kappa shape index (κ3) is 6.59. The Morgan fingerprint density at radius 1 is 1.50 bits per heavy atom. The van der Waals surface area contributed by atoms with E-state index < -0.39 is 0 Å². The molecule has 0 aromatic heterocycles. The minimum atomic E-state index is 0.432. The lowest BCUT2D eigenvalue weighted by Crippen LogP contribution is -2.26. The van der Waals surface area contributed by atoms with Gasteiger partial charge < -0.3 is 0 Å². The van der Waals surface area contributed by atoms with Crippen LogP contribution in [0.3, 0.4) is 0 Å². The molecule has 0 aromatic carbocycles. The van der Waals surface area contributed by atoms with Crippen LogP contribution in [0.25, 0.3) is 0 Å². The number of allylic oxidation sites excluding steroid dienone is 1. The van der Waals surface area contributed by atoms with Crippen molar-refractivity contribution in [3.05, 3.63) is 12.2 Å². The molecule has 0 saturated carbocycles. The van der Waals surface area contributed by atoms with Gasteiger partial charge in [0.2, 0.25) is 0 Å². The molecule has 96 valence electrons. The highest BCUT2D eigenvalue weighted by Gasteiger charge is 2.23. The first-order valence-electron chi connectivity index (χ1n) is 6.66. The predicted molar refractivity (Wildman–Crippen MR) is 78.1 cm³/mol. The van der Waals surface area contributed by atoms with E-state index in [0.29, 0.717) is 5.37 Å². The monoisotopic (exact) mass is 243 g/mol. The van der Waals surface area contributed by atoms with Crippen molar-refractivity contribution in [2.45, 2.75) is 58.8 Å². The van der Waals surface area contributed by atoms with Gasteiger partial charge in [0, 0.05) is 11.9 Å². The van der Waals surface area contributed by atoms with E-state index >= 15 is 0 Å². The molecule has 1 saturated heterocycles. The van der Waals surface area contributed by atoms with Gasteiger partial charge in [0.15, 0.2) is 0 Å². The van der Waals surface area contributed by atoms with Gasteiger partial charge in [0.25, 0.3) is 0 Å².